The summed E-state index contributed by atoms with van der Waals surface area (Å²) in [6, 6.07) is 4.41. The van der Waals surface area contributed by atoms with E-state index >= 15 is 0 Å². The van der Waals surface area contributed by atoms with Crippen LogP contribution in [0.3, 0.4) is 0 Å². The standard InChI is InChI=1S/C12H21NS.ClH/c1-3-4-5-6-9-13-10-12-8-7-11(2)14-12;/h7-8,13H,3-6,9-10H2,1-2H3;1H/p-1. The van der Waals surface area contributed by atoms with Gasteiger partial charge in [0.15, 0.2) is 0 Å². The van der Waals surface area contributed by atoms with Gasteiger partial charge < -0.3 is 17.7 Å². The lowest BCUT2D eigenvalue weighted by Gasteiger charge is -2.02. The van der Waals surface area contributed by atoms with Crippen molar-refractivity contribution in [1.82, 2.24) is 5.32 Å². The largest absolute Gasteiger partial charge is 1.00 e. The summed E-state index contributed by atoms with van der Waals surface area (Å²) in [6.07, 6.45) is 5.38. The van der Waals surface area contributed by atoms with Gasteiger partial charge in [-0.2, -0.15) is 0 Å². The Kier molecular flexibility index (Phi) is 9.17. The lowest BCUT2D eigenvalue weighted by atomic mass is 10.2. The quantitative estimate of drug-likeness (QED) is 0.700. The highest BCUT2D eigenvalue weighted by molar-refractivity contribution is 7.11. The van der Waals surface area contributed by atoms with Crippen molar-refractivity contribution in [3.05, 3.63) is 21.9 Å². The third kappa shape index (κ3) is 6.93. The smallest absolute Gasteiger partial charge is 0.0299 e. The molecule has 0 unspecified atom stereocenters. The highest BCUT2D eigenvalue weighted by atomic mass is 35.5. The molecule has 0 saturated carbocycles. The molecule has 0 amide bonds. The fourth-order valence-electron chi connectivity index (χ4n) is 1.47. The van der Waals surface area contributed by atoms with Crippen LogP contribution in [0.1, 0.15) is 42.4 Å². The summed E-state index contributed by atoms with van der Waals surface area (Å²) < 4.78 is 0. The third-order valence-electron chi connectivity index (χ3n) is 2.30. The average Bonchev–Trinajstić information content (AvgIpc) is 2.58. The van der Waals surface area contributed by atoms with Gasteiger partial charge in [0, 0.05) is 16.3 Å². The molecular formula is C12H21ClNS-. The maximum Gasteiger partial charge on any atom is 0.0299 e. The monoisotopic (exact) mass is 246 g/mol. The highest BCUT2D eigenvalue weighted by Gasteiger charge is 1.95. The summed E-state index contributed by atoms with van der Waals surface area (Å²) in [4.78, 5) is 2.87. The van der Waals surface area contributed by atoms with Crippen LogP contribution in [0.5, 0.6) is 0 Å². The Labute approximate surface area is 104 Å². The summed E-state index contributed by atoms with van der Waals surface area (Å²) in [6.45, 7) is 6.62. The zero-order valence-corrected chi connectivity index (χ0v) is 11.3. The first kappa shape index (κ1) is 14.9. The van der Waals surface area contributed by atoms with Gasteiger partial charge in [0.1, 0.15) is 0 Å². The van der Waals surface area contributed by atoms with E-state index in [0.717, 1.165) is 13.1 Å². The Morgan fingerprint density at radius 1 is 1.20 bits per heavy atom. The molecule has 0 aliphatic heterocycles. The number of aryl methyl sites for hydroxylation is 1. The summed E-state index contributed by atoms with van der Waals surface area (Å²) in [5.41, 5.74) is 0. The number of hydrogen-bond acceptors (Lipinski definition) is 2. The van der Waals surface area contributed by atoms with Crippen LogP contribution in [0.2, 0.25) is 0 Å². The van der Waals surface area contributed by atoms with Crippen LogP contribution in [-0.2, 0) is 6.54 Å². The van der Waals surface area contributed by atoms with Gasteiger partial charge in [-0.15, -0.1) is 11.3 Å². The van der Waals surface area contributed by atoms with Crippen LogP contribution in [-0.4, -0.2) is 6.54 Å². The molecule has 0 bridgehead atoms. The van der Waals surface area contributed by atoms with E-state index in [1.165, 1.54) is 35.4 Å². The number of thiophene rings is 1. The van der Waals surface area contributed by atoms with Crippen LogP contribution < -0.4 is 17.7 Å². The predicted molar refractivity (Wildman–Crippen MR) is 64.9 cm³/mol. The molecule has 0 aliphatic carbocycles. The van der Waals surface area contributed by atoms with Crippen LogP contribution >= 0.6 is 11.3 Å². The molecule has 3 heteroatoms. The van der Waals surface area contributed by atoms with E-state index < -0.39 is 0 Å². The first-order valence-electron chi connectivity index (χ1n) is 5.59. The van der Waals surface area contributed by atoms with Crippen LogP contribution in [0.25, 0.3) is 0 Å². The maximum absolute atomic E-state index is 3.48. The molecule has 1 N–H and O–H groups in total. The van der Waals surface area contributed by atoms with Crippen molar-refractivity contribution in [2.24, 2.45) is 0 Å². The number of halogens is 1. The second-order valence-electron chi connectivity index (χ2n) is 3.75. The molecule has 15 heavy (non-hydrogen) atoms. The molecule has 0 atom stereocenters. The molecule has 88 valence electrons. The highest BCUT2D eigenvalue weighted by Crippen LogP contribution is 2.14. The van der Waals surface area contributed by atoms with Crippen molar-refractivity contribution in [2.75, 3.05) is 6.54 Å². The normalized spacial score (nSPS) is 10.0. The lowest BCUT2D eigenvalue weighted by molar-refractivity contribution is -0.00000304. The second kappa shape index (κ2) is 9.20. The molecule has 0 aliphatic rings. The molecule has 0 spiro atoms. The SMILES string of the molecule is CCCCCCNCc1ccc(C)s1.[Cl-]. The molecule has 1 aromatic rings. The van der Waals surface area contributed by atoms with Gasteiger partial charge in [-0.05, 0) is 32.0 Å². The average molecular weight is 247 g/mol. The minimum atomic E-state index is 0. The van der Waals surface area contributed by atoms with Gasteiger partial charge >= 0.3 is 0 Å². The Hall–Kier alpha value is -0.0500. The summed E-state index contributed by atoms with van der Waals surface area (Å²) >= 11 is 1.89. The molecule has 1 aromatic heterocycles. The zero-order chi connectivity index (χ0) is 10.2. The van der Waals surface area contributed by atoms with Gasteiger partial charge in [-0.25, -0.2) is 0 Å². The zero-order valence-electron chi connectivity index (χ0n) is 9.68. The van der Waals surface area contributed by atoms with E-state index in [-0.39, 0.29) is 12.4 Å². The number of rotatable bonds is 7. The van der Waals surface area contributed by atoms with Crippen LogP contribution in [0.15, 0.2) is 12.1 Å². The lowest BCUT2D eigenvalue weighted by Crippen LogP contribution is -3.00. The van der Waals surface area contributed by atoms with Crippen LogP contribution in [0.4, 0.5) is 0 Å². The fourth-order valence-corrected chi connectivity index (χ4v) is 2.33. The fraction of sp³-hybridized carbons (Fsp3) is 0.667. The minimum absolute atomic E-state index is 0. The van der Waals surface area contributed by atoms with Gasteiger partial charge in [0.2, 0.25) is 0 Å². The second-order valence-corrected chi connectivity index (χ2v) is 5.12. The van der Waals surface area contributed by atoms with Gasteiger partial charge in [-0.3, -0.25) is 0 Å². The van der Waals surface area contributed by atoms with Crippen molar-refractivity contribution in [3.8, 4) is 0 Å². The molecule has 1 nitrogen and oxygen atoms in total. The van der Waals surface area contributed by atoms with Gasteiger partial charge in [0.05, 0.1) is 0 Å². The Balaban J connectivity index is 0.00000196. The molecule has 1 heterocycles. The van der Waals surface area contributed by atoms with E-state index in [2.05, 4.69) is 31.3 Å². The minimum Gasteiger partial charge on any atom is -1.00 e. The molecule has 0 radical (unpaired) electrons. The maximum atomic E-state index is 3.48. The number of unbranched alkanes of at least 4 members (excludes halogenated alkanes) is 3. The van der Waals surface area contributed by atoms with Crippen molar-refractivity contribution in [2.45, 2.75) is 46.1 Å². The first-order valence-corrected chi connectivity index (χ1v) is 6.40. The van der Waals surface area contributed by atoms with E-state index in [4.69, 9.17) is 0 Å². The van der Waals surface area contributed by atoms with E-state index in [1.807, 2.05) is 11.3 Å². The first-order chi connectivity index (χ1) is 6.83. The van der Waals surface area contributed by atoms with E-state index in [1.54, 1.807) is 0 Å². The van der Waals surface area contributed by atoms with E-state index in [9.17, 15) is 0 Å². The topological polar surface area (TPSA) is 12.0 Å². The predicted octanol–water partition coefficient (Wildman–Crippen LogP) is 0.730. The number of nitrogens with one attached hydrogen (secondary N) is 1. The van der Waals surface area contributed by atoms with Crippen molar-refractivity contribution in [3.63, 3.8) is 0 Å². The Morgan fingerprint density at radius 2 is 2.00 bits per heavy atom. The number of hydrogen-bond donors (Lipinski definition) is 1. The van der Waals surface area contributed by atoms with Gasteiger partial charge in [-0.1, -0.05) is 26.2 Å². The molecular weight excluding hydrogens is 226 g/mol. The Bertz CT molecular complexity index is 248. The molecule has 1 rings (SSSR count). The Morgan fingerprint density at radius 3 is 2.60 bits per heavy atom. The van der Waals surface area contributed by atoms with Crippen molar-refractivity contribution in [1.29, 1.82) is 0 Å². The summed E-state index contributed by atoms with van der Waals surface area (Å²) in [5, 5.41) is 3.48. The third-order valence-corrected chi connectivity index (χ3v) is 3.30. The molecule has 0 fully saturated rings. The van der Waals surface area contributed by atoms with E-state index in [0.29, 0.717) is 0 Å². The van der Waals surface area contributed by atoms with Gasteiger partial charge in [0.25, 0.3) is 0 Å². The summed E-state index contributed by atoms with van der Waals surface area (Å²) in [7, 11) is 0. The molecule has 0 saturated heterocycles. The van der Waals surface area contributed by atoms with Crippen molar-refractivity contribution >= 4 is 11.3 Å². The summed E-state index contributed by atoms with van der Waals surface area (Å²) in [5.74, 6) is 0. The molecule has 0 aromatic carbocycles. The van der Waals surface area contributed by atoms with Crippen molar-refractivity contribution < 1.29 is 12.4 Å². The van der Waals surface area contributed by atoms with Crippen LogP contribution in [0, 0.1) is 6.92 Å².